The van der Waals surface area contributed by atoms with Crippen molar-refractivity contribution in [3.05, 3.63) is 0 Å². The summed E-state index contributed by atoms with van der Waals surface area (Å²) in [5.41, 5.74) is 0. The number of carbonyl (C=O) groups excluding carboxylic acids is 4. The van der Waals surface area contributed by atoms with Crippen LogP contribution in [0.1, 0.15) is 25.7 Å². The summed E-state index contributed by atoms with van der Waals surface area (Å²) in [5, 5.41) is 0. The third-order valence-corrected chi connectivity index (χ3v) is 2.17. The maximum atomic E-state index is 11.2. The van der Waals surface area contributed by atoms with Gasteiger partial charge in [-0.05, 0) is 0 Å². The van der Waals surface area contributed by atoms with Crippen molar-refractivity contribution in [3.8, 4) is 0 Å². The number of hydrogen-bond donors (Lipinski definition) is 0. The lowest BCUT2D eigenvalue weighted by Gasteiger charge is -2.34. The second-order valence-corrected chi connectivity index (χ2v) is 3.54. The highest BCUT2D eigenvalue weighted by Gasteiger charge is 2.50. The molecule has 2 fully saturated rings. The van der Waals surface area contributed by atoms with Crippen LogP contribution >= 0.6 is 0 Å². The van der Waals surface area contributed by atoms with Gasteiger partial charge in [-0.3, -0.25) is 19.2 Å². The lowest BCUT2D eigenvalue weighted by Crippen LogP contribution is -2.51. The van der Waals surface area contributed by atoms with Crippen LogP contribution in [0.4, 0.5) is 0 Å². The summed E-state index contributed by atoms with van der Waals surface area (Å²) >= 11 is 0. The van der Waals surface area contributed by atoms with E-state index in [0.29, 0.717) is 0 Å². The maximum absolute atomic E-state index is 11.2. The summed E-state index contributed by atoms with van der Waals surface area (Å²) in [5.74, 6) is -3.34. The summed E-state index contributed by atoms with van der Waals surface area (Å²) in [7, 11) is 0. The fourth-order valence-corrected chi connectivity index (χ4v) is 1.43. The van der Waals surface area contributed by atoms with Crippen LogP contribution in [0.5, 0.6) is 0 Å². The lowest BCUT2D eigenvalue weighted by molar-refractivity contribution is -0.155. The Morgan fingerprint density at radius 1 is 0.588 bits per heavy atom. The van der Waals surface area contributed by atoms with Gasteiger partial charge >= 0.3 is 6.96 Å². The predicted octanol–water partition coefficient (Wildman–Crippen LogP) is -0.818. The van der Waals surface area contributed by atoms with Crippen molar-refractivity contribution in [2.45, 2.75) is 25.7 Å². The van der Waals surface area contributed by atoms with E-state index in [-0.39, 0.29) is 25.7 Å². The molecule has 0 aliphatic carbocycles. The molecule has 0 unspecified atom stereocenters. The van der Waals surface area contributed by atoms with Crippen molar-refractivity contribution >= 4 is 30.8 Å². The monoisotopic (exact) mass is 243 g/mol. The van der Waals surface area contributed by atoms with E-state index < -0.39 is 30.8 Å². The Morgan fingerprint density at radius 3 is 1.06 bits per heavy atom. The van der Waals surface area contributed by atoms with Gasteiger partial charge in [0, 0.05) is 0 Å². The largest absolute Gasteiger partial charge is 0.784 e. The molecular weight excluding hydrogens is 235 g/mol. The third kappa shape index (κ3) is 2.55. The van der Waals surface area contributed by atoms with Gasteiger partial charge in [-0.1, -0.05) is 0 Å². The highest BCUT2D eigenvalue weighted by Crippen LogP contribution is 2.23. The molecule has 0 saturated carbocycles. The van der Waals surface area contributed by atoms with E-state index >= 15 is 0 Å². The molecule has 8 nitrogen and oxygen atoms in total. The van der Waals surface area contributed by atoms with Gasteiger partial charge in [0.1, 0.15) is 0 Å². The maximum Gasteiger partial charge on any atom is 0.784 e. The molecule has 9 heteroatoms. The van der Waals surface area contributed by atoms with E-state index in [9.17, 15) is 19.2 Å². The van der Waals surface area contributed by atoms with Gasteiger partial charge in [-0.15, -0.1) is 0 Å². The SMILES string of the molecule is O=C1CCC(=O)O[B-]2(O1)OC(=O)CCC(=O)O2. The highest BCUT2D eigenvalue weighted by molar-refractivity contribution is 6.61. The fraction of sp³-hybridized carbons (Fsp3) is 0.500. The Bertz CT molecular complexity index is 325. The summed E-state index contributed by atoms with van der Waals surface area (Å²) in [6.45, 7) is -3.42. The van der Waals surface area contributed by atoms with E-state index in [2.05, 4.69) is 18.6 Å². The van der Waals surface area contributed by atoms with Gasteiger partial charge in [-0.2, -0.15) is 0 Å². The molecule has 92 valence electrons. The molecule has 0 aromatic heterocycles. The molecule has 2 heterocycles. The van der Waals surface area contributed by atoms with Crippen LogP contribution in [0.2, 0.25) is 0 Å². The van der Waals surface area contributed by atoms with E-state index in [1.165, 1.54) is 0 Å². The van der Waals surface area contributed by atoms with Gasteiger partial charge < -0.3 is 18.6 Å². The second-order valence-electron chi connectivity index (χ2n) is 3.54. The quantitative estimate of drug-likeness (QED) is 0.508. The molecule has 17 heavy (non-hydrogen) atoms. The summed E-state index contributed by atoms with van der Waals surface area (Å²) in [4.78, 5) is 44.8. The van der Waals surface area contributed by atoms with Crippen LogP contribution in [-0.4, -0.2) is 30.8 Å². The second kappa shape index (κ2) is 4.08. The van der Waals surface area contributed by atoms with Crippen LogP contribution in [-0.2, 0) is 37.8 Å². The Morgan fingerprint density at radius 2 is 0.824 bits per heavy atom. The Hall–Kier alpha value is -2.06. The molecule has 1 spiro atoms. The van der Waals surface area contributed by atoms with Gasteiger partial charge in [0.2, 0.25) is 0 Å². The molecule has 0 radical (unpaired) electrons. The van der Waals surface area contributed by atoms with E-state index in [4.69, 9.17) is 0 Å². The molecule has 0 aromatic rings. The predicted molar refractivity (Wildman–Crippen MR) is 48.6 cm³/mol. The summed E-state index contributed by atoms with van der Waals surface area (Å²) < 4.78 is 18.5. The summed E-state index contributed by atoms with van der Waals surface area (Å²) in [6, 6.07) is 0. The van der Waals surface area contributed by atoms with Crippen LogP contribution in [0.3, 0.4) is 0 Å². The standard InChI is InChI=1S/C8H8BO8/c10-5-1-2-6(11)15-9(14-5)16-7(12)3-4-8(13)17-9/h1-4H2/q-1. The highest BCUT2D eigenvalue weighted by atomic mass is 16.9. The number of hydrogen-bond acceptors (Lipinski definition) is 8. The van der Waals surface area contributed by atoms with Crippen LogP contribution in [0, 0.1) is 0 Å². The van der Waals surface area contributed by atoms with E-state index in [0.717, 1.165) is 0 Å². The molecule has 2 aliphatic rings. The Balaban J connectivity index is 2.28. The van der Waals surface area contributed by atoms with Crippen LogP contribution < -0.4 is 0 Å². The molecule has 0 aromatic carbocycles. The van der Waals surface area contributed by atoms with E-state index in [1.807, 2.05) is 0 Å². The van der Waals surface area contributed by atoms with Crippen molar-refractivity contribution < 1.29 is 37.8 Å². The molecule has 2 rings (SSSR count). The van der Waals surface area contributed by atoms with Gasteiger partial charge in [0.15, 0.2) is 0 Å². The zero-order valence-corrected chi connectivity index (χ0v) is 8.67. The Kier molecular flexibility index (Phi) is 2.74. The zero-order valence-electron chi connectivity index (χ0n) is 8.67. The van der Waals surface area contributed by atoms with Crippen molar-refractivity contribution in [2.75, 3.05) is 0 Å². The lowest BCUT2D eigenvalue weighted by atomic mass is 10.1. The fourth-order valence-electron chi connectivity index (χ4n) is 1.43. The minimum Gasteiger partial charge on any atom is -0.585 e. The first-order chi connectivity index (χ1) is 7.99. The van der Waals surface area contributed by atoms with Crippen LogP contribution in [0.25, 0.3) is 0 Å². The van der Waals surface area contributed by atoms with Crippen LogP contribution in [0.15, 0.2) is 0 Å². The smallest absolute Gasteiger partial charge is 0.585 e. The first kappa shape index (κ1) is 11.4. The average Bonchev–Trinajstić information content (AvgIpc) is 2.43. The molecule has 0 atom stereocenters. The summed E-state index contributed by atoms with van der Waals surface area (Å²) in [6.07, 6.45) is -0.899. The van der Waals surface area contributed by atoms with Crippen molar-refractivity contribution in [3.63, 3.8) is 0 Å². The normalized spacial score (nSPS) is 24.0. The van der Waals surface area contributed by atoms with Crippen molar-refractivity contribution in [1.82, 2.24) is 0 Å². The van der Waals surface area contributed by atoms with Crippen molar-refractivity contribution in [1.29, 1.82) is 0 Å². The van der Waals surface area contributed by atoms with Gasteiger partial charge in [-0.25, -0.2) is 0 Å². The molecule has 0 N–H and O–H groups in total. The topological polar surface area (TPSA) is 105 Å². The first-order valence-electron chi connectivity index (χ1n) is 4.99. The molecule has 0 amide bonds. The first-order valence-corrected chi connectivity index (χ1v) is 4.99. The zero-order chi connectivity index (χ0) is 12.5. The van der Waals surface area contributed by atoms with Crippen molar-refractivity contribution in [2.24, 2.45) is 0 Å². The minimum atomic E-state index is -3.42. The minimum absolute atomic E-state index is 0.225. The Labute approximate surface area is 95.2 Å². The molecule has 2 saturated heterocycles. The third-order valence-electron chi connectivity index (χ3n) is 2.17. The molecular formula is C8H8BO8-. The average molecular weight is 243 g/mol. The number of rotatable bonds is 0. The molecule has 2 aliphatic heterocycles. The number of carbonyl (C=O) groups is 4. The van der Waals surface area contributed by atoms with Gasteiger partial charge in [0.05, 0.1) is 25.7 Å². The van der Waals surface area contributed by atoms with E-state index in [1.54, 1.807) is 0 Å². The van der Waals surface area contributed by atoms with Gasteiger partial charge in [0.25, 0.3) is 23.9 Å². The molecule has 0 bridgehead atoms.